The Bertz CT molecular complexity index is 1210. The lowest BCUT2D eigenvalue weighted by Gasteiger charge is -2.12. The van der Waals surface area contributed by atoms with Gasteiger partial charge in [-0.25, -0.2) is 0 Å². The highest BCUT2D eigenvalue weighted by Gasteiger charge is 2.26. The average Bonchev–Trinajstić information content (AvgIpc) is 2.54. The van der Waals surface area contributed by atoms with Crippen molar-refractivity contribution >= 4 is 53.8 Å². The van der Waals surface area contributed by atoms with Crippen molar-refractivity contribution in [3.63, 3.8) is 0 Å². The lowest BCUT2D eigenvalue weighted by molar-refractivity contribution is 0.467. The van der Waals surface area contributed by atoms with Crippen LogP contribution in [0.25, 0.3) is 10.8 Å². The van der Waals surface area contributed by atoms with E-state index in [1.165, 1.54) is 6.07 Å². The van der Waals surface area contributed by atoms with Crippen molar-refractivity contribution in [2.75, 3.05) is 5.75 Å². The van der Waals surface area contributed by atoms with Crippen LogP contribution in [0.4, 0.5) is 0 Å². The van der Waals surface area contributed by atoms with Gasteiger partial charge in [-0.3, -0.25) is 13.7 Å². The van der Waals surface area contributed by atoms with Crippen LogP contribution < -0.4 is 0 Å². The van der Waals surface area contributed by atoms with E-state index in [-0.39, 0.29) is 22.8 Å². The zero-order valence-corrected chi connectivity index (χ0v) is 17.7. The molecule has 0 spiro atoms. The molecule has 0 aliphatic rings. The molecule has 2 aromatic carbocycles. The molecule has 0 saturated carbocycles. The van der Waals surface area contributed by atoms with E-state index in [0.717, 1.165) is 25.0 Å². The van der Waals surface area contributed by atoms with Gasteiger partial charge in [0.15, 0.2) is 0 Å². The molecule has 0 radical (unpaired) electrons. The van der Waals surface area contributed by atoms with E-state index < -0.39 is 45.0 Å². The molecule has 156 valence electrons. The van der Waals surface area contributed by atoms with E-state index in [9.17, 15) is 38.9 Å². The molecule has 9 nitrogen and oxygen atoms in total. The van der Waals surface area contributed by atoms with E-state index in [0.29, 0.717) is 18.2 Å². The Morgan fingerprint density at radius 2 is 1.07 bits per heavy atom. The summed E-state index contributed by atoms with van der Waals surface area (Å²) in [6.45, 7) is 0. The first-order valence-electron chi connectivity index (χ1n) is 7.89. The minimum Gasteiger partial charge on any atom is -0.282 e. The summed E-state index contributed by atoms with van der Waals surface area (Å²) in [5, 5.41) is 0.0448. The predicted molar refractivity (Wildman–Crippen MR) is 105 cm³/mol. The summed E-state index contributed by atoms with van der Waals surface area (Å²) in [6, 6.07) is 3.81. The molecule has 0 aliphatic carbocycles. The van der Waals surface area contributed by atoms with E-state index in [2.05, 4.69) is 12.6 Å². The number of benzene rings is 2. The number of hydrogen-bond acceptors (Lipinski definition) is 7. The van der Waals surface area contributed by atoms with Gasteiger partial charge in [-0.05, 0) is 65.6 Å². The van der Waals surface area contributed by atoms with Crippen molar-refractivity contribution in [1.82, 2.24) is 0 Å². The summed E-state index contributed by atoms with van der Waals surface area (Å²) in [7, 11) is -14.7. The van der Waals surface area contributed by atoms with Crippen LogP contribution in [-0.4, -0.2) is 44.7 Å². The molecule has 0 saturated heterocycles. The number of rotatable bonds is 8. The molecule has 0 bridgehead atoms. The smallest absolute Gasteiger partial charge is 0.282 e. The summed E-state index contributed by atoms with van der Waals surface area (Å²) in [5.74, 6) is 0.652. The van der Waals surface area contributed by atoms with Crippen LogP contribution in [0.1, 0.15) is 24.8 Å². The van der Waals surface area contributed by atoms with Crippen molar-refractivity contribution in [3.8, 4) is 0 Å². The number of unbranched alkanes of at least 4 members (excludes halogenated alkanes) is 2. The topological polar surface area (TPSA) is 163 Å². The Hall–Kier alpha value is -1.22. The quantitative estimate of drug-likeness (QED) is 0.257. The van der Waals surface area contributed by atoms with E-state index in [4.69, 9.17) is 0 Å². The molecular weight excluding hydrogens is 452 g/mol. The molecule has 0 aromatic heterocycles. The van der Waals surface area contributed by atoms with Gasteiger partial charge in [0.25, 0.3) is 30.4 Å². The molecule has 0 aliphatic heterocycles. The molecule has 0 heterocycles. The van der Waals surface area contributed by atoms with Crippen LogP contribution in [0.15, 0.2) is 39.0 Å². The van der Waals surface area contributed by atoms with Crippen LogP contribution in [0.5, 0.6) is 0 Å². The first kappa shape index (κ1) is 23.1. The molecule has 0 atom stereocenters. The summed E-state index contributed by atoms with van der Waals surface area (Å²) in [6.07, 6.45) is 2.36. The highest BCUT2D eigenvalue weighted by molar-refractivity contribution is 7.89. The van der Waals surface area contributed by atoms with Crippen molar-refractivity contribution in [3.05, 3.63) is 29.8 Å². The third-order valence-corrected chi connectivity index (χ3v) is 7.19. The Kier molecular flexibility index (Phi) is 6.80. The standard InChI is InChI=1S/C15H18O9S4/c16-26(17,18)13-7-12-9-15(28(22,23)24)14(27(19,20)21)8-11(12)6-10(13)4-2-1-3-5-25/h6-9,25H,1-5H2,(H,16,17,18)(H,19,20,21)(H,22,23,24). The summed E-state index contributed by atoms with van der Waals surface area (Å²) in [5.41, 5.74) is 0.204. The van der Waals surface area contributed by atoms with Gasteiger partial charge in [0, 0.05) is 0 Å². The maximum Gasteiger partial charge on any atom is 0.295 e. The fraction of sp³-hybridized carbons (Fsp3) is 0.333. The highest BCUT2D eigenvalue weighted by Crippen LogP contribution is 2.31. The third kappa shape index (κ3) is 5.43. The van der Waals surface area contributed by atoms with Gasteiger partial charge in [0.05, 0.1) is 4.90 Å². The molecule has 2 aromatic rings. The number of aryl methyl sites for hydroxylation is 1. The molecule has 0 unspecified atom stereocenters. The fourth-order valence-electron chi connectivity index (χ4n) is 2.78. The Balaban J connectivity index is 2.78. The van der Waals surface area contributed by atoms with Crippen LogP contribution in [-0.2, 0) is 36.8 Å². The Morgan fingerprint density at radius 1 is 0.643 bits per heavy atom. The lowest BCUT2D eigenvalue weighted by atomic mass is 10.0. The second kappa shape index (κ2) is 8.26. The van der Waals surface area contributed by atoms with Crippen molar-refractivity contribution in [2.45, 2.75) is 40.4 Å². The van der Waals surface area contributed by atoms with Gasteiger partial charge in [0.2, 0.25) is 0 Å². The molecule has 0 fully saturated rings. The maximum absolute atomic E-state index is 11.7. The summed E-state index contributed by atoms with van der Waals surface area (Å²) < 4.78 is 97.6. The van der Waals surface area contributed by atoms with Gasteiger partial charge in [-0.2, -0.15) is 37.9 Å². The van der Waals surface area contributed by atoms with Crippen LogP contribution in [0.2, 0.25) is 0 Å². The second-order valence-electron chi connectivity index (χ2n) is 6.07. The first-order valence-corrected chi connectivity index (χ1v) is 12.8. The Labute approximate surface area is 168 Å². The molecule has 28 heavy (non-hydrogen) atoms. The predicted octanol–water partition coefficient (Wildman–Crippen LogP) is 2.22. The van der Waals surface area contributed by atoms with Gasteiger partial charge in [-0.15, -0.1) is 0 Å². The van der Waals surface area contributed by atoms with E-state index in [1.54, 1.807) is 0 Å². The molecule has 13 heteroatoms. The van der Waals surface area contributed by atoms with Crippen LogP contribution >= 0.6 is 12.6 Å². The van der Waals surface area contributed by atoms with E-state index >= 15 is 0 Å². The fourth-order valence-corrected chi connectivity index (χ4v) is 5.58. The molecule has 2 rings (SSSR count). The lowest BCUT2D eigenvalue weighted by Crippen LogP contribution is -2.09. The van der Waals surface area contributed by atoms with Gasteiger partial charge in [-0.1, -0.05) is 6.42 Å². The normalized spacial score (nSPS) is 13.1. The van der Waals surface area contributed by atoms with Crippen molar-refractivity contribution < 1.29 is 38.9 Å². The van der Waals surface area contributed by atoms with E-state index in [1.807, 2.05) is 0 Å². The summed E-state index contributed by atoms with van der Waals surface area (Å²) >= 11 is 4.08. The molecule has 0 amide bonds. The Morgan fingerprint density at radius 3 is 1.50 bits per heavy atom. The minimum atomic E-state index is -5.05. The second-order valence-corrected chi connectivity index (χ2v) is 10.7. The van der Waals surface area contributed by atoms with Crippen LogP contribution in [0.3, 0.4) is 0 Å². The van der Waals surface area contributed by atoms with Crippen LogP contribution in [0, 0.1) is 0 Å². The largest absolute Gasteiger partial charge is 0.295 e. The number of hydrogen-bond donors (Lipinski definition) is 4. The van der Waals surface area contributed by atoms with Gasteiger partial charge in [0.1, 0.15) is 9.79 Å². The molecule has 3 N–H and O–H groups in total. The SMILES string of the molecule is O=S(=O)(O)c1cc2cc(S(=O)(=O)O)c(S(=O)(=O)O)cc2cc1CCCCCS. The summed E-state index contributed by atoms with van der Waals surface area (Å²) in [4.78, 5) is -2.60. The number of thiol groups is 1. The van der Waals surface area contributed by atoms with Gasteiger partial charge >= 0.3 is 0 Å². The minimum absolute atomic E-state index is 0.0632. The molecular formula is C15H18O9S4. The number of fused-ring (bicyclic) bond motifs is 1. The van der Waals surface area contributed by atoms with Crippen molar-refractivity contribution in [1.29, 1.82) is 0 Å². The highest BCUT2D eigenvalue weighted by atomic mass is 32.2. The zero-order valence-electron chi connectivity index (χ0n) is 14.3. The third-order valence-electron chi connectivity index (χ3n) is 4.02. The average molecular weight is 471 g/mol. The monoisotopic (exact) mass is 470 g/mol. The van der Waals surface area contributed by atoms with Crippen molar-refractivity contribution in [2.24, 2.45) is 0 Å². The zero-order chi connectivity index (χ0) is 21.3. The first-order chi connectivity index (χ1) is 12.7. The van der Waals surface area contributed by atoms with Gasteiger partial charge < -0.3 is 0 Å². The maximum atomic E-state index is 11.7.